The topological polar surface area (TPSA) is 132 Å². The van der Waals surface area contributed by atoms with Gasteiger partial charge >= 0.3 is 0 Å². The first-order valence-corrected chi connectivity index (χ1v) is 11.5. The van der Waals surface area contributed by atoms with Crippen LogP contribution < -0.4 is 10.6 Å². The molecule has 4 aromatic heterocycles. The first-order chi connectivity index (χ1) is 17.2. The number of hydrogen-bond acceptors (Lipinski definition) is 8. The number of hydrogen-bond donors (Lipinski definition) is 3. The van der Waals surface area contributed by atoms with E-state index >= 15 is 0 Å². The van der Waals surface area contributed by atoms with Crippen molar-refractivity contribution in [2.75, 3.05) is 25.6 Å². The number of aliphatic hydroxyl groups is 1. The summed E-state index contributed by atoms with van der Waals surface area (Å²) >= 11 is 6.02. The molecule has 1 amide bonds. The van der Waals surface area contributed by atoms with E-state index < -0.39 is 17.7 Å². The molecule has 4 rings (SSSR count). The Labute approximate surface area is 211 Å². The third kappa shape index (κ3) is 5.78. The van der Waals surface area contributed by atoms with Gasteiger partial charge in [-0.1, -0.05) is 11.6 Å². The van der Waals surface area contributed by atoms with E-state index in [1.807, 2.05) is 0 Å². The van der Waals surface area contributed by atoms with Crippen molar-refractivity contribution >= 4 is 40.0 Å². The zero-order valence-corrected chi connectivity index (χ0v) is 20.7. The number of carbonyl (C=O) groups excluding carboxylic acids is 1. The summed E-state index contributed by atoms with van der Waals surface area (Å²) in [5, 5.41) is 20.3. The number of pyridine rings is 2. The Bertz CT molecular complexity index is 1370. The van der Waals surface area contributed by atoms with Crippen molar-refractivity contribution in [1.29, 1.82) is 0 Å². The molecule has 0 aliphatic heterocycles. The monoisotopic (exact) mass is 516 g/mol. The molecule has 0 fully saturated rings. The zero-order valence-electron chi connectivity index (χ0n) is 19.9. The molecule has 0 saturated heterocycles. The van der Waals surface area contributed by atoms with Gasteiger partial charge < -0.3 is 20.5 Å². The number of halogens is 2. The smallest absolute Gasteiger partial charge is 0.255 e. The van der Waals surface area contributed by atoms with Gasteiger partial charge in [-0.3, -0.25) is 14.0 Å². The Morgan fingerprint density at radius 1 is 1.25 bits per heavy atom. The molecule has 1 atom stereocenters. The van der Waals surface area contributed by atoms with Crippen LogP contribution in [0.1, 0.15) is 24.2 Å². The Kier molecular flexibility index (Phi) is 7.48. The van der Waals surface area contributed by atoms with Crippen LogP contribution in [0.15, 0.2) is 43.2 Å². The maximum Gasteiger partial charge on any atom is 0.255 e. The second kappa shape index (κ2) is 10.6. The van der Waals surface area contributed by atoms with Crippen molar-refractivity contribution in [2.24, 2.45) is 0 Å². The van der Waals surface area contributed by atoms with E-state index in [1.54, 1.807) is 47.2 Å². The van der Waals surface area contributed by atoms with Gasteiger partial charge in [-0.05, 0) is 19.9 Å². The van der Waals surface area contributed by atoms with Crippen LogP contribution in [0, 0.1) is 0 Å². The maximum absolute atomic E-state index is 14.2. The van der Waals surface area contributed by atoms with Crippen LogP contribution in [0.4, 0.5) is 15.8 Å². The first kappa shape index (κ1) is 25.5. The second-order valence-corrected chi connectivity index (χ2v) is 9.08. The summed E-state index contributed by atoms with van der Waals surface area (Å²) in [4.78, 5) is 26.0. The first-order valence-electron chi connectivity index (χ1n) is 11.1. The number of amides is 1. The Morgan fingerprint density at radius 3 is 2.81 bits per heavy atom. The summed E-state index contributed by atoms with van der Waals surface area (Å²) < 4.78 is 22.7. The predicted octanol–water partition coefficient (Wildman–Crippen LogP) is 2.89. The predicted molar refractivity (Wildman–Crippen MR) is 133 cm³/mol. The zero-order chi connectivity index (χ0) is 25.9. The lowest BCUT2D eigenvalue weighted by Gasteiger charge is -2.22. The lowest BCUT2D eigenvalue weighted by molar-refractivity contribution is -0.00177. The number of carbonyl (C=O) groups is 1. The summed E-state index contributed by atoms with van der Waals surface area (Å²) in [6.45, 7) is 3.35. The number of imidazole rings is 1. The molecule has 0 spiro atoms. The molecule has 0 radical (unpaired) electrons. The van der Waals surface area contributed by atoms with Gasteiger partial charge in [0.15, 0.2) is 5.65 Å². The highest BCUT2D eigenvalue weighted by Crippen LogP contribution is 2.25. The summed E-state index contributed by atoms with van der Waals surface area (Å²) in [6, 6.07) is 3.34. The van der Waals surface area contributed by atoms with Crippen molar-refractivity contribution in [3.05, 3.63) is 53.8 Å². The standard InChI is InChI=1S/C23H26ClFN8O3/c1-23(2,35)19(25)11-28-22(34)16-10-26-20(33-13-29-18-6-14(24)8-27-21(18)33)7-17(16)31-15-9-30-32(12-15)4-5-36-3/h6-10,12-13,19,35H,4-5,11H2,1-3H3,(H,26,31)(H,28,34)/t19-/m1/s1. The van der Waals surface area contributed by atoms with Crippen molar-refractivity contribution < 1.29 is 19.0 Å². The van der Waals surface area contributed by atoms with Gasteiger partial charge in [-0.15, -0.1) is 0 Å². The number of anilines is 2. The fraction of sp³-hybridized carbons (Fsp3) is 0.348. The fourth-order valence-corrected chi connectivity index (χ4v) is 3.47. The van der Waals surface area contributed by atoms with Gasteiger partial charge in [0.25, 0.3) is 5.91 Å². The largest absolute Gasteiger partial charge is 0.387 e. The number of ether oxygens (including phenoxy) is 1. The number of methoxy groups -OCH3 is 1. The quantitative estimate of drug-likeness (QED) is 0.293. The molecule has 3 N–H and O–H groups in total. The van der Waals surface area contributed by atoms with Crippen molar-refractivity contribution in [2.45, 2.75) is 32.2 Å². The molecule has 190 valence electrons. The molecule has 0 aliphatic carbocycles. The average Bonchev–Trinajstić information content (AvgIpc) is 3.46. The van der Waals surface area contributed by atoms with E-state index in [9.17, 15) is 14.3 Å². The Balaban J connectivity index is 1.67. The molecule has 11 nitrogen and oxygen atoms in total. The van der Waals surface area contributed by atoms with Gasteiger partial charge in [0.2, 0.25) is 0 Å². The molecule has 36 heavy (non-hydrogen) atoms. The number of nitrogens with one attached hydrogen (secondary N) is 2. The number of alkyl halides is 1. The van der Waals surface area contributed by atoms with E-state index in [2.05, 4.69) is 30.7 Å². The van der Waals surface area contributed by atoms with Crippen LogP contribution in [-0.4, -0.2) is 72.3 Å². The fourth-order valence-electron chi connectivity index (χ4n) is 3.32. The van der Waals surface area contributed by atoms with Crippen molar-refractivity contribution in [3.63, 3.8) is 0 Å². The van der Waals surface area contributed by atoms with Crippen LogP contribution in [-0.2, 0) is 11.3 Å². The summed E-state index contributed by atoms with van der Waals surface area (Å²) in [6.07, 6.45) is 6.16. The number of nitrogens with zero attached hydrogens (tertiary/aromatic N) is 6. The molecule has 4 aromatic rings. The summed E-state index contributed by atoms with van der Waals surface area (Å²) in [7, 11) is 1.61. The van der Waals surface area contributed by atoms with Crippen LogP contribution in [0.5, 0.6) is 0 Å². The van der Waals surface area contributed by atoms with Crippen LogP contribution in [0.3, 0.4) is 0 Å². The number of rotatable bonds is 10. The van der Waals surface area contributed by atoms with Gasteiger partial charge in [0, 0.05) is 31.8 Å². The lowest BCUT2D eigenvalue weighted by atomic mass is 10.0. The lowest BCUT2D eigenvalue weighted by Crippen LogP contribution is -2.42. The number of fused-ring (bicyclic) bond motifs is 1. The molecule has 13 heteroatoms. The molecule has 0 saturated carbocycles. The van der Waals surface area contributed by atoms with Gasteiger partial charge in [0.1, 0.15) is 23.8 Å². The van der Waals surface area contributed by atoms with E-state index in [0.717, 1.165) is 0 Å². The van der Waals surface area contributed by atoms with E-state index in [0.29, 0.717) is 46.5 Å². The Morgan fingerprint density at radius 2 is 2.06 bits per heavy atom. The van der Waals surface area contributed by atoms with E-state index in [4.69, 9.17) is 16.3 Å². The average molecular weight is 517 g/mol. The van der Waals surface area contributed by atoms with E-state index in [-0.39, 0.29) is 12.1 Å². The minimum atomic E-state index is -1.65. The van der Waals surface area contributed by atoms with Crippen molar-refractivity contribution in [3.8, 4) is 5.82 Å². The van der Waals surface area contributed by atoms with Gasteiger partial charge in [-0.25, -0.2) is 19.3 Å². The highest BCUT2D eigenvalue weighted by Gasteiger charge is 2.27. The third-order valence-electron chi connectivity index (χ3n) is 5.38. The second-order valence-electron chi connectivity index (χ2n) is 8.64. The van der Waals surface area contributed by atoms with E-state index in [1.165, 1.54) is 26.2 Å². The molecule has 0 aromatic carbocycles. The van der Waals surface area contributed by atoms with Gasteiger partial charge in [0.05, 0.1) is 53.5 Å². The highest BCUT2D eigenvalue weighted by atomic mass is 35.5. The SMILES string of the molecule is COCCn1cc(Nc2cc(-n3cnc4cc(Cl)cnc43)ncc2C(=O)NC[C@@H](F)C(C)(C)O)cn1. The normalized spacial score (nSPS) is 12.6. The summed E-state index contributed by atoms with van der Waals surface area (Å²) in [5.41, 5.74) is 0.724. The van der Waals surface area contributed by atoms with Crippen LogP contribution in [0.2, 0.25) is 5.02 Å². The minimum Gasteiger partial charge on any atom is -0.387 e. The highest BCUT2D eigenvalue weighted by molar-refractivity contribution is 6.31. The third-order valence-corrected chi connectivity index (χ3v) is 5.59. The Hall–Kier alpha value is -3.61. The number of aromatic nitrogens is 6. The summed E-state index contributed by atoms with van der Waals surface area (Å²) in [5.74, 6) is -0.117. The molecule has 0 unspecified atom stereocenters. The van der Waals surface area contributed by atoms with Crippen LogP contribution >= 0.6 is 11.6 Å². The van der Waals surface area contributed by atoms with Crippen LogP contribution in [0.25, 0.3) is 17.0 Å². The molecular formula is C23H26ClFN8O3. The minimum absolute atomic E-state index is 0.173. The molecule has 0 aliphatic rings. The molecule has 4 heterocycles. The van der Waals surface area contributed by atoms with Crippen molar-refractivity contribution in [1.82, 2.24) is 34.6 Å². The molecular weight excluding hydrogens is 491 g/mol. The molecule has 0 bridgehead atoms. The van der Waals surface area contributed by atoms with Gasteiger partial charge in [-0.2, -0.15) is 5.10 Å². The maximum atomic E-state index is 14.2.